The van der Waals surface area contributed by atoms with E-state index >= 15 is 0 Å². The molecule has 7 nitrogen and oxygen atoms in total. The number of hydrogen-bond acceptors (Lipinski definition) is 6. The van der Waals surface area contributed by atoms with Gasteiger partial charge in [0, 0.05) is 19.5 Å². The van der Waals surface area contributed by atoms with Crippen LogP contribution < -0.4 is 15.6 Å². The van der Waals surface area contributed by atoms with Gasteiger partial charge in [0.2, 0.25) is 5.75 Å². The van der Waals surface area contributed by atoms with Gasteiger partial charge in [0.15, 0.2) is 0 Å². The first kappa shape index (κ1) is 22.9. The molecule has 2 unspecified atom stereocenters. The zero-order valence-electron chi connectivity index (χ0n) is 18.9. The number of nitrogens with one attached hydrogen (secondary N) is 1. The molecule has 1 aliphatic rings. The zero-order valence-corrected chi connectivity index (χ0v) is 18.9. The van der Waals surface area contributed by atoms with Crippen molar-refractivity contribution in [1.29, 1.82) is 0 Å². The molecule has 0 spiro atoms. The Labute approximate surface area is 192 Å². The summed E-state index contributed by atoms with van der Waals surface area (Å²) in [5.41, 5.74) is 1.94. The van der Waals surface area contributed by atoms with Gasteiger partial charge in [0.1, 0.15) is 17.6 Å². The summed E-state index contributed by atoms with van der Waals surface area (Å²) in [5, 5.41) is 18.0. The number of aliphatic hydroxyl groups is 1. The van der Waals surface area contributed by atoms with Crippen LogP contribution in [0.2, 0.25) is 0 Å². The van der Waals surface area contributed by atoms with Crippen molar-refractivity contribution in [3.05, 3.63) is 82.0 Å². The first-order chi connectivity index (χ1) is 16.0. The molecular weight excluding hydrogens is 423 g/mol. The number of ether oxygens (including phenoxy) is 1. The highest BCUT2D eigenvalue weighted by Gasteiger charge is 2.32. The predicted octanol–water partition coefficient (Wildman–Crippen LogP) is 3.68. The smallest absolute Gasteiger partial charge is 0.316 e. The number of anilines is 1. The summed E-state index contributed by atoms with van der Waals surface area (Å²) in [7, 11) is 2.04. The number of aliphatic hydroxyl groups excluding tert-OH is 1. The van der Waals surface area contributed by atoms with Gasteiger partial charge >= 0.3 is 5.56 Å². The molecule has 1 aromatic heterocycles. The minimum Gasteiger partial charge on any atom is -0.478 e. The van der Waals surface area contributed by atoms with Gasteiger partial charge in [0.05, 0.1) is 18.0 Å². The fourth-order valence-electron chi connectivity index (χ4n) is 4.16. The van der Waals surface area contributed by atoms with Gasteiger partial charge in [-0.05, 0) is 49.3 Å². The standard InChI is InChI=1S/C25H29FN4O3/c1-3-12-29(2)13-11-27-21-16-28-30(18-8-6-7-17(26)14-18)25(32)24(21)33-23-15-22(31)19-9-4-5-10-20(19)23/h4-10,14,16,22-23,27,31H,3,11-13,15H2,1-2H3. The minimum absolute atomic E-state index is 0.0984. The van der Waals surface area contributed by atoms with E-state index in [9.17, 15) is 14.3 Å². The van der Waals surface area contributed by atoms with Gasteiger partial charge in [-0.25, -0.2) is 4.39 Å². The molecule has 0 fully saturated rings. The Balaban J connectivity index is 1.67. The number of nitrogens with zero attached hydrogens (tertiary/aromatic N) is 3. The van der Waals surface area contributed by atoms with Gasteiger partial charge in [-0.3, -0.25) is 4.79 Å². The van der Waals surface area contributed by atoms with Crippen molar-refractivity contribution in [2.45, 2.75) is 32.0 Å². The van der Waals surface area contributed by atoms with Gasteiger partial charge in [0.25, 0.3) is 0 Å². The molecular formula is C25H29FN4O3. The maximum atomic E-state index is 13.8. The van der Waals surface area contributed by atoms with E-state index in [1.54, 1.807) is 6.07 Å². The molecule has 8 heteroatoms. The van der Waals surface area contributed by atoms with E-state index in [0.29, 0.717) is 24.3 Å². The lowest BCUT2D eigenvalue weighted by Gasteiger charge is -2.20. The Morgan fingerprint density at radius 2 is 2.00 bits per heavy atom. The van der Waals surface area contributed by atoms with E-state index in [1.165, 1.54) is 24.4 Å². The first-order valence-electron chi connectivity index (χ1n) is 11.2. The summed E-state index contributed by atoms with van der Waals surface area (Å²) in [6.07, 6.45) is 1.80. The maximum Gasteiger partial charge on any atom is 0.316 e. The van der Waals surface area contributed by atoms with Crippen LogP contribution in [-0.4, -0.2) is 46.5 Å². The number of rotatable bonds is 9. The molecule has 0 aliphatic heterocycles. The van der Waals surface area contributed by atoms with Crippen molar-refractivity contribution in [2.24, 2.45) is 0 Å². The molecule has 33 heavy (non-hydrogen) atoms. The molecule has 1 heterocycles. The molecule has 4 rings (SSSR count). The van der Waals surface area contributed by atoms with E-state index in [-0.39, 0.29) is 5.75 Å². The average Bonchev–Trinajstić information content (AvgIpc) is 3.12. The van der Waals surface area contributed by atoms with Crippen LogP contribution in [0.25, 0.3) is 5.69 Å². The molecule has 0 radical (unpaired) electrons. The van der Waals surface area contributed by atoms with Gasteiger partial charge in [-0.1, -0.05) is 37.3 Å². The number of likely N-dealkylation sites (N-methyl/N-ethyl adjacent to an activating group) is 1. The quantitative estimate of drug-likeness (QED) is 0.516. The van der Waals surface area contributed by atoms with Crippen molar-refractivity contribution in [2.75, 3.05) is 32.0 Å². The van der Waals surface area contributed by atoms with Gasteiger partial charge in [-0.2, -0.15) is 9.78 Å². The van der Waals surface area contributed by atoms with E-state index in [2.05, 4.69) is 22.2 Å². The van der Waals surface area contributed by atoms with Crippen molar-refractivity contribution in [3.8, 4) is 11.4 Å². The summed E-state index contributed by atoms with van der Waals surface area (Å²) < 4.78 is 21.1. The van der Waals surface area contributed by atoms with Gasteiger partial charge < -0.3 is 20.1 Å². The topological polar surface area (TPSA) is 79.6 Å². The zero-order chi connectivity index (χ0) is 23.4. The normalized spacial score (nSPS) is 17.2. The third-order valence-electron chi connectivity index (χ3n) is 5.80. The molecule has 174 valence electrons. The number of fused-ring (bicyclic) bond motifs is 1. The van der Waals surface area contributed by atoms with Crippen molar-refractivity contribution in [1.82, 2.24) is 14.7 Å². The molecule has 2 atom stereocenters. The fourth-order valence-corrected chi connectivity index (χ4v) is 4.16. The lowest BCUT2D eigenvalue weighted by molar-refractivity contribution is 0.119. The Kier molecular flexibility index (Phi) is 7.05. The van der Waals surface area contributed by atoms with Crippen LogP contribution in [-0.2, 0) is 0 Å². The second kappa shape index (κ2) is 10.1. The number of aromatic nitrogens is 2. The summed E-state index contributed by atoms with van der Waals surface area (Å²) in [4.78, 5) is 15.6. The lowest BCUT2D eigenvalue weighted by atomic mass is 10.1. The highest BCUT2D eigenvalue weighted by atomic mass is 19.1. The van der Waals surface area contributed by atoms with Crippen molar-refractivity contribution < 1.29 is 14.2 Å². The molecule has 0 saturated heterocycles. The van der Waals surface area contributed by atoms with Crippen LogP contribution in [0.15, 0.2) is 59.5 Å². The van der Waals surface area contributed by atoms with Crippen LogP contribution in [0.1, 0.15) is 43.1 Å². The first-order valence-corrected chi connectivity index (χ1v) is 11.2. The second-order valence-electron chi connectivity index (χ2n) is 8.30. The predicted molar refractivity (Wildman–Crippen MR) is 125 cm³/mol. The molecule has 2 aromatic carbocycles. The molecule has 2 N–H and O–H groups in total. The molecule has 3 aromatic rings. The number of halogens is 1. The monoisotopic (exact) mass is 452 g/mol. The summed E-state index contributed by atoms with van der Waals surface area (Å²) >= 11 is 0. The number of hydrogen-bond donors (Lipinski definition) is 2. The van der Waals surface area contributed by atoms with Crippen LogP contribution in [0, 0.1) is 5.82 Å². The van der Waals surface area contributed by atoms with Crippen LogP contribution in [0.4, 0.5) is 10.1 Å². The number of benzene rings is 2. The molecule has 0 saturated carbocycles. The summed E-state index contributed by atoms with van der Waals surface area (Å²) in [5.74, 6) is -0.362. The third-order valence-corrected chi connectivity index (χ3v) is 5.80. The Hall–Kier alpha value is -3.23. The Morgan fingerprint density at radius 1 is 1.21 bits per heavy atom. The highest BCUT2D eigenvalue weighted by molar-refractivity contribution is 5.55. The SMILES string of the molecule is CCCN(C)CCNc1cnn(-c2cccc(F)c2)c(=O)c1OC1CC(O)c2ccccc21. The van der Waals surface area contributed by atoms with Gasteiger partial charge in [-0.15, -0.1) is 0 Å². The fraction of sp³-hybridized carbons (Fsp3) is 0.360. The minimum atomic E-state index is -0.655. The van der Waals surface area contributed by atoms with E-state index < -0.39 is 23.6 Å². The van der Waals surface area contributed by atoms with E-state index in [4.69, 9.17) is 4.74 Å². The second-order valence-corrected chi connectivity index (χ2v) is 8.30. The molecule has 0 amide bonds. The average molecular weight is 453 g/mol. The van der Waals surface area contributed by atoms with Crippen molar-refractivity contribution >= 4 is 5.69 Å². The van der Waals surface area contributed by atoms with E-state index in [0.717, 1.165) is 35.3 Å². The molecule has 0 bridgehead atoms. The lowest BCUT2D eigenvalue weighted by Crippen LogP contribution is -2.28. The summed E-state index contributed by atoms with van der Waals surface area (Å²) in [6.45, 7) is 4.48. The van der Waals surface area contributed by atoms with Crippen LogP contribution in [0.3, 0.4) is 0 Å². The van der Waals surface area contributed by atoms with E-state index in [1.807, 2.05) is 31.3 Å². The Bertz CT molecular complexity index is 1170. The van der Waals surface area contributed by atoms with Crippen molar-refractivity contribution in [3.63, 3.8) is 0 Å². The Morgan fingerprint density at radius 3 is 2.76 bits per heavy atom. The maximum absolute atomic E-state index is 13.8. The third kappa shape index (κ3) is 5.07. The molecule has 1 aliphatic carbocycles. The largest absolute Gasteiger partial charge is 0.478 e. The highest BCUT2D eigenvalue weighted by Crippen LogP contribution is 2.41. The summed E-state index contributed by atoms with van der Waals surface area (Å²) in [6, 6.07) is 13.2. The van der Waals surface area contributed by atoms with Crippen LogP contribution >= 0.6 is 0 Å². The van der Waals surface area contributed by atoms with Crippen LogP contribution in [0.5, 0.6) is 5.75 Å².